The van der Waals surface area contributed by atoms with Gasteiger partial charge in [0.15, 0.2) is 6.61 Å². The van der Waals surface area contributed by atoms with Gasteiger partial charge in [-0.2, -0.15) is 0 Å². The van der Waals surface area contributed by atoms with Crippen LogP contribution in [0, 0.1) is 9.49 Å². The number of carbonyl (C=O) groups excluding carboxylic acids is 2. The van der Waals surface area contributed by atoms with Gasteiger partial charge < -0.3 is 15.0 Å². The number of ether oxygens (including phenoxy) is 1. The molecule has 3 aromatic carbocycles. The van der Waals surface area contributed by atoms with Crippen LogP contribution >= 0.6 is 38.5 Å². The summed E-state index contributed by atoms with van der Waals surface area (Å²) in [5, 5.41) is 3.03. The average Bonchev–Trinajstić information content (AvgIpc) is 2.85. The molecule has 0 aliphatic carbocycles. The lowest BCUT2D eigenvalue weighted by atomic mass is 10.0. The lowest BCUT2D eigenvalue weighted by molar-refractivity contribution is -0.142. The molecular weight excluding hydrogens is 619 g/mol. The second kappa shape index (κ2) is 13.6. The van der Waals surface area contributed by atoms with E-state index >= 15 is 0 Å². The van der Waals surface area contributed by atoms with E-state index in [1.54, 1.807) is 4.90 Å². The number of rotatable bonds is 11. The summed E-state index contributed by atoms with van der Waals surface area (Å²) in [6.07, 6.45) is 0.411. The van der Waals surface area contributed by atoms with Crippen LogP contribution in [0.2, 0.25) is 0 Å². The molecule has 1 atom stereocenters. The zero-order chi connectivity index (χ0) is 25.2. The van der Waals surface area contributed by atoms with Gasteiger partial charge in [-0.05, 0) is 76.0 Å². The molecule has 3 aromatic rings. The molecule has 1 N–H and O–H groups in total. The van der Waals surface area contributed by atoms with Crippen LogP contribution < -0.4 is 10.1 Å². The van der Waals surface area contributed by atoms with Gasteiger partial charge in [0.05, 0.1) is 0 Å². The van der Waals surface area contributed by atoms with E-state index in [2.05, 4.69) is 43.8 Å². The molecule has 0 spiro atoms. The van der Waals surface area contributed by atoms with Crippen molar-refractivity contribution in [3.8, 4) is 5.75 Å². The number of nitrogens with zero attached hydrogens (tertiary/aromatic N) is 1. The van der Waals surface area contributed by atoms with Crippen molar-refractivity contribution in [2.24, 2.45) is 5.92 Å². The fraction of sp³-hybridized carbons (Fsp3) is 0.286. The van der Waals surface area contributed by atoms with Gasteiger partial charge in [-0.25, -0.2) is 0 Å². The summed E-state index contributed by atoms with van der Waals surface area (Å²) < 4.78 is 7.81. The lowest BCUT2D eigenvalue weighted by Crippen LogP contribution is -2.52. The minimum atomic E-state index is -0.678. The van der Waals surface area contributed by atoms with Crippen LogP contribution in [0.15, 0.2) is 83.3 Å². The Labute approximate surface area is 229 Å². The molecule has 0 saturated heterocycles. The highest BCUT2D eigenvalue weighted by molar-refractivity contribution is 14.1. The van der Waals surface area contributed by atoms with Crippen LogP contribution in [0.1, 0.15) is 25.0 Å². The Bertz CT molecular complexity index is 1110. The van der Waals surface area contributed by atoms with Crippen molar-refractivity contribution in [3.63, 3.8) is 0 Å². The Morgan fingerprint density at radius 2 is 1.66 bits per heavy atom. The molecule has 0 aliphatic heterocycles. The Kier molecular flexibility index (Phi) is 10.6. The van der Waals surface area contributed by atoms with Gasteiger partial charge in [0, 0.05) is 27.6 Å². The molecular formula is C28H30BrIN2O3. The normalized spacial score (nSPS) is 11.7. The Morgan fingerprint density at radius 3 is 2.31 bits per heavy atom. The molecule has 0 heterocycles. The second-order valence-corrected chi connectivity index (χ2v) is 10.9. The van der Waals surface area contributed by atoms with Crippen molar-refractivity contribution in [2.75, 3.05) is 13.2 Å². The maximum atomic E-state index is 13.6. The first kappa shape index (κ1) is 27.2. The maximum Gasteiger partial charge on any atom is 0.261 e. The van der Waals surface area contributed by atoms with Gasteiger partial charge >= 0.3 is 0 Å². The van der Waals surface area contributed by atoms with Gasteiger partial charge in [0.2, 0.25) is 5.91 Å². The number of carbonyl (C=O) groups is 2. The molecule has 5 nitrogen and oxygen atoms in total. The average molecular weight is 649 g/mol. The van der Waals surface area contributed by atoms with E-state index in [9.17, 15) is 9.59 Å². The Hall–Kier alpha value is -2.39. The smallest absolute Gasteiger partial charge is 0.261 e. The fourth-order valence-electron chi connectivity index (χ4n) is 3.57. The van der Waals surface area contributed by atoms with Crippen molar-refractivity contribution in [2.45, 2.75) is 32.9 Å². The van der Waals surface area contributed by atoms with Crippen LogP contribution in [-0.2, 0) is 22.6 Å². The highest BCUT2D eigenvalue weighted by atomic mass is 127. The highest BCUT2D eigenvalue weighted by Crippen LogP contribution is 2.19. The van der Waals surface area contributed by atoms with Gasteiger partial charge in [-0.1, -0.05) is 72.2 Å². The predicted molar refractivity (Wildman–Crippen MR) is 151 cm³/mol. The molecule has 0 aromatic heterocycles. The number of amides is 2. The Morgan fingerprint density at radius 1 is 0.971 bits per heavy atom. The van der Waals surface area contributed by atoms with Crippen molar-refractivity contribution >= 4 is 50.3 Å². The summed E-state index contributed by atoms with van der Waals surface area (Å²) in [7, 11) is 0. The second-order valence-electron chi connectivity index (χ2n) is 8.74. The van der Waals surface area contributed by atoms with Crippen LogP contribution in [-0.4, -0.2) is 35.9 Å². The summed E-state index contributed by atoms with van der Waals surface area (Å²) in [6, 6.07) is 24.4. The Balaban J connectivity index is 1.89. The largest absolute Gasteiger partial charge is 0.484 e. The van der Waals surface area contributed by atoms with Crippen molar-refractivity contribution in [1.29, 1.82) is 0 Å². The zero-order valence-corrected chi connectivity index (χ0v) is 23.7. The van der Waals surface area contributed by atoms with Crippen LogP contribution in [0.3, 0.4) is 0 Å². The molecule has 0 fully saturated rings. The highest BCUT2D eigenvalue weighted by Gasteiger charge is 2.30. The van der Waals surface area contributed by atoms with Crippen molar-refractivity contribution in [1.82, 2.24) is 10.2 Å². The topological polar surface area (TPSA) is 58.6 Å². The summed E-state index contributed by atoms with van der Waals surface area (Å²) in [4.78, 5) is 28.6. The van der Waals surface area contributed by atoms with Crippen LogP contribution in [0.4, 0.5) is 0 Å². The molecule has 1 unspecified atom stereocenters. The molecule has 2 amide bonds. The van der Waals surface area contributed by atoms with Gasteiger partial charge in [-0.3, -0.25) is 9.59 Å². The first-order valence-corrected chi connectivity index (χ1v) is 13.4. The van der Waals surface area contributed by atoms with Gasteiger partial charge in [0.1, 0.15) is 11.8 Å². The van der Waals surface area contributed by atoms with Gasteiger partial charge in [-0.15, -0.1) is 0 Å². The van der Waals surface area contributed by atoms with Crippen LogP contribution in [0.25, 0.3) is 0 Å². The number of halogens is 2. The van der Waals surface area contributed by atoms with E-state index in [-0.39, 0.29) is 18.4 Å². The minimum absolute atomic E-state index is 0.155. The maximum absolute atomic E-state index is 13.6. The fourth-order valence-corrected chi connectivity index (χ4v) is 4.37. The van der Waals surface area contributed by atoms with E-state index in [1.807, 2.05) is 92.7 Å². The monoisotopic (exact) mass is 648 g/mol. The summed E-state index contributed by atoms with van der Waals surface area (Å²) in [5.74, 6) is 0.504. The van der Waals surface area contributed by atoms with E-state index < -0.39 is 6.04 Å². The standard InChI is InChI=1S/C28H30BrIN2O3/c1-20(2)17-31-28(34)26(16-21-7-4-3-5-8-21)32(18-22-9-6-10-23(29)15-22)27(33)19-35-25-13-11-24(30)12-14-25/h3-15,20,26H,16-19H2,1-2H3,(H,31,34). The quantitative estimate of drug-likeness (QED) is 0.266. The van der Waals surface area contributed by atoms with Gasteiger partial charge in [0.25, 0.3) is 5.91 Å². The number of hydrogen-bond acceptors (Lipinski definition) is 3. The van der Waals surface area contributed by atoms with E-state index in [0.717, 1.165) is 19.2 Å². The third kappa shape index (κ3) is 8.96. The van der Waals surface area contributed by atoms with E-state index in [4.69, 9.17) is 4.74 Å². The summed E-state index contributed by atoms with van der Waals surface area (Å²) in [5.41, 5.74) is 1.92. The van der Waals surface area contributed by atoms with E-state index in [1.165, 1.54) is 0 Å². The molecule has 3 rings (SSSR count). The molecule has 35 heavy (non-hydrogen) atoms. The SMILES string of the molecule is CC(C)CNC(=O)C(Cc1ccccc1)N(Cc1cccc(Br)c1)C(=O)COc1ccc(I)cc1. The summed E-state index contributed by atoms with van der Waals surface area (Å²) >= 11 is 5.73. The molecule has 0 saturated carbocycles. The lowest BCUT2D eigenvalue weighted by Gasteiger charge is -2.31. The van der Waals surface area contributed by atoms with E-state index in [0.29, 0.717) is 31.2 Å². The molecule has 0 aliphatic rings. The molecule has 0 radical (unpaired) electrons. The van der Waals surface area contributed by atoms with Crippen molar-refractivity contribution in [3.05, 3.63) is 98.0 Å². The summed E-state index contributed by atoms with van der Waals surface area (Å²) in [6.45, 7) is 4.78. The molecule has 184 valence electrons. The number of hydrogen-bond donors (Lipinski definition) is 1. The zero-order valence-electron chi connectivity index (χ0n) is 19.9. The number of nitrogens with one attached hydrogen (secondary N) is 1. The third-order valence-corrected chi connectivity index (χ3v) is 6.59. The molecule has 7 heteroatoms. The number of benzene rings is 3. The third-order valence-electron chi connectivity index (χ3n) is 5.37. The minimum Gasteiger partial charge on any atom is -0.484 e. The first-order valence-electron chi connectivity index (χ1n) is 11.6. The molecule has 0 bridgehead atoms. The van der Waals surface area contributed by atoms with Crippen molar-refractivity contribution < 1.29 is 14.3 Å². The first-order chi connectivity index (χ1) is 16.8. The van der Waals surface area contributed by atoms with Crippen LogP contribution in [0.5, 0.6) is 5.75 Å². The predicted octanol–water partition coefficient (Wildman–Crippen LogP) is 5.84.